The maximum Gasteiger partial charge on any atom is 0.262 e. The van der Waals surface area contributed by atoms with Crippen LogP contribution in [-0.2, 0) is 14.8 Å². The molecule has 0 unspecified atom stereocenters. The van der Waals surface area contributed by atoms with Crippen LogP contribution in [0.15, 0.2) is 65.6 Å². The van der Waals surface area contributed by atoms with Gasteiger partial charge in [-0.05, 0) is 55.5 Å². The summed E-state index contributed by atoms with van der Waals surface area (Å²) in [5, 5.41) is 3.11. The minimum atomic E-state index is -3.84. The largest absolute Gasteiger partial charge is 0.495 e. The Bertz CT molecular complexity index is 1230. The van der Waals surface area contributed by atoms with Crippen molar-refractivity contribution in [1.29, 1.82) is 0 Å². The molecule has 0 heterocycles. The number of nitrogens with one attached hydrogen (secondary N) is 2. The van der Waals surface area contributed by atoms with Crippen LogP contribution in [0.25, 0.3) is 0 Å². The molecule has 10 heteroatoms. The maximum absolute atomic E-state index is 12.6. The SMILES string of the molecule is COc1ccc(Cl)cc1NC(=O)COc1ccc(S(=O)(=O)Nc2ccc(C)cc2)cc1Cl. The summed E-state index contributed by atoms with van der Waals surface area (Å²) in [6.07, 6.45) is 0. The Kier molecular flexibility index (Phi) is 7.50. The predicted octanol–water partition coefficient (Wildman–Crippen LogP) is 5.13. The van der Waals surface area contributed by atoms with Crippen molar-refractivity contribution in [3.05, 3.63) is 76.3 Å². The van der Waals surface area contributed by atoms with Gasteiger partial charge >= 0.3 is 0 Å². The van der Waals surface area contributed by atoms with E-state index in [1.807, 2.05) is 6.92 Å². The normalized spacial score (nSPS) is 11.0. The Hall–Kier alpha value is -2.94. The molecule has 3 rings (SSSR count). The highest BCUT2D eigenvalue weighted by Gasteiger charge is 2.17. The number of methoxy groups -OCH3 is 1. The molecule has 32 heavy (non-hydrogen) atoms. The molecular formula is C22H20Cl2N2O5S. The van der Waals surface area contributed by atoms with Gasteiger partial charge in [-0.1, -0.05) is 40.9 Å². The van der Waals surface area contributed by atoms with Gasteiger partial charge < -0.3 is 14.8 Å². The number of carbonyl (C=O) groups excluding carboxylic acids is 1. The van der Waals surface area contributed by atoms with Crippen LogP contribution in [0.2, 0.25) is 10.0 Å². The van der Waals surface area contributed by atoms with Gasteiger partial charge in [-0.25, -0.2) is 8.42 Å². The van der Waals surface area contributed by atoms with Crippen molar-refractivity contribution in [2.75, 3.05) is 23.8 Å². The molecule has 2 N–H and O–H groups in total. The first-order chi connectivity index (χ1) is 15.2. The van der Waals surface area contributed by atoms with Crippen LogP contribution < -0.4 is 19.5 Å². The quantitative estimate of drug-likeness (QED) is 0.452. The predicted molar refractivity (Wildman–Crippen MR) is 126 cm³/mol. The van der Waals surface area contributed by atoms with E-state index in [0.29, 0.717) is 22.1 Å². The molecule has 0 aliphatic carbocycles. The summed E-state index contributed by atoms with van der Waals surface area (Å²) < 4.78 is 38.3. The number of amides is 1. The van der Waals surface area contributed by atoms with Gasteiger partial charge in [0, 0.05) is 10.7 Å². The third-order valence-electron chi connectivity index (χ3n) is 4.31. The number of benzene rings is 3. The first-order valence-corrected chi connectivity index (χ1v) is 11.6. The highest BCUT2D eigenvalue weighted by molar-refractivity contribution is 7.92. The summed E-state index contributed by atoms with van der Waals surface area (Å²) >= 11 is 12.1. The van der Waals surface area contributed by atoms with Crippen LogP contribution in [0, 0.1) is 6.92 Å². The minimum Gasteiger partial charge on any atom is -0.495 e. The van der Waals surface area contributed by atoms with E-state index in [1.165, 1.54) is 25.3 Å². The average Bonchev–Trinajstić information content (AvgIpc) is 2.74. The molecule has 3 aromatic carbocycles. The smallest absolute Gasteiger partial charge is 0.262 e. The van der Waals surface area contributed by atoms with Crippen molar-refractivity contribution in [2.45, 2.75) is 11.8 Å². The van der Waals surface area contributed by atoms with Crippen molar-refractivity contribution in [2.24, 2.45) is 0 Å². The lowest BCUT2D eigenvalue weighted by atomic mass is 10.2. The van der Waals surface area contributed by atoms with E-state index in [1.54, 1.807) is 42.5 Å². The monoisotopic (exact) mass is 494 g/mol. The fraction of sp³-hybridized carbons (Fsp3) is 0.136. The maximum atomic E-state index is 12.6. The summed E-state index contributed by atoms with van der Waals surface area (Å²) in [6, 6.07) is 15.7. The van der Waals surface area contributed by atoms with Gasteiger partial charge in [0.05, 0.1) is 22.7 Å². The van der Waals surface area contributed by atoms with E-state index in [2.05, 4.69) is 10.0 Å². The average molecular weight is 495 g/mol. The molecule has 7 nitrogen and oxygen atoms in total. The minimum absolute atomic E-state index is 0.0384. The number of aryl methyl sites for hydroxylation is 1. The third kappa shape index (κ3) is 6.06. The molecule has 0 atom stereocenters. The number of halogens is 2. The number of anilines is 2. The summed E-state index contributed by atoms with van der Waals surface area (Å²) in [7, 11) is -2.37. The van der Waals surface area contributed by atoms with E-state index < -0.39 is 15.9 Å². The van der Waals surface area contributed by atoms with Gasteiger partial charge in [-0.3, -0.25) is 9.52 Å². The first kappa shape index (κ1) is 23.7. The zero-order valence-corrected chi connectivity index (χ0v) is 19.5. The standard InChI is InChI=1S/C22H20Cl2N2O5S/c1-14-3-6-16(7-4-14)26-32(28,29)17-8-10-20(18(24)12-17)31-13-22(27)25-19-11-15(23)5-9-21(19)30-2/h3-12,26H,13H2,1-2H3,(H,25,27). The lowest BCUT2D eigenvalue weighted by Gasteiger charge is -2.13. The van der Waals surface area contributed by atoms with E-state index in [0.717, 1.165) is 5.56 Å². The van der Waals surface area contributed by atoms with Crippen molar-refractivity contribution >= 4 is 50.5 Å². The van der Waals surface area contributed by atoms with E-state index >= 15 is 0 Å². The van der Waals surface area contributed by atoms with Crippen molar-refractivity contribution in [1.82, 2.24) is 0 Å². The molecule has 168 valence electrons. The number of hydrogen-bond acceptors (Lipinski definition) is 5. The molecular weight excluding hydrogens is 475 g/mol. The lowest BCUT2D eigenvalue weighted by molar-refractivity contribution is -0.118. The van der Waals surface area contributed by atoms with Crippen LogP contribution in [0.4, 0.5) is 11.4 Å². The van der Waals surface area contributed by atoms with Crippen LogP contribution >= 0.6 is 23.2 Å². The van der Waals surface area contributed by atoms with Crippen molar-refractivity contribution in [3.63, 3.8) is 0 Å². The number of sulfonamides is 1. The fourth-order valence-corrected chi connectivity index (χ4v) is 4.27. The number of hydrogen-bond donors (Lipinski definition) is 2. The van der Waals surface area contributed by atoms with Gasteiger partial charge in [0.25, 0.3) is 15.9 Å². The molecule has 0 aromatic heterocycles. The Morgan fingerprint density at radius 3 is 2.31 bits per heavy atom. The van der Waals surface area contributed by atoms with Gasteiger partial charge in [0.1, 0.15) is 11.5 Å². The van der Waals surface area contributed by atoms with E-state index in [-0.39, 0.29) is 22.3 Å². The molecule has 0 fully saturated rings. The molecule has 1 amide bonds. The summed E-state index contributed by atoms with van der Waals surface area (Å²) in [6.45, 7) is 1.55. The molecule has 0 saturated heterocycles. The summed E-state index contributed by atoms with van der Waals surface area (Å²) in [5.41, 5.74) is 1.83. The molecule has 0 radical (unpaired) electrons. The van der Waals surface area contributed by atoms with E-state index in [4.69, 9.17) is 32.7 Å². The molecule has 0 aliphatic rings. The highest BCUT2D eigenvalue weighted by Crippen LogP contribution is 2.29. The molecule has 0 aliphatic heterocycles. The van der Waals surface area contributed by atoms with Gasteiger partial charge in [-0.2, -0.15) is 0 Å². The second-order valence-corrected chi connectivity index (χ2v) is 9.27. The Balaban J connectivity index is 1.65. The molecule has 0 bridgehead atoms. The van der Waals surface area contributed by atoms with Gasteiger partial charge in [-0.15, -0.1) is 0 Å². The number of ether oxygens (including phenoxy) is 2. The molecule has 0 saturated carbocycles. The number of rotatable bonds is 8. The van der Waals surface area contributed by atoms with Crippen LogP contribution in [0.3, 0.4) is 0 Å². The Morgan fingerprint density at radius 1 is 0.969 bits per heavy atom. The van der Waals surface area contributed by atoms with Gasteiger partial charge in [0.2, 0.25) is 0 Å². The Labute approximate surface area is 196 Å². The van der Waals surface area contributed by atoms with Crippen molar-refractivity contribution < 1.29 is 22.7 Å². The molecule has 0 spiro atoms. The fourth-order valence-electron chi connectivity index (χ4n) is 2.71. The second-order valence-electron chi connectivity index (χ2n) is 6.75. The van der Waals surface area contributed by atoms with Crippen molar-refractivity contribution in [3.8, 4) is 11.5 Å². The zero-order valence-electron chi connectivity index (χ0n) is 17.2. The van der Waals surface area contributed by atoms with E-state index in [9.17, 15) is 13.2 Å². The third-order valence-corrected chi connectivity index (χ3v) is 6.22. The number of carbonyl (C=O) groups is 1. The van der Waals surface area contributed by atoms with Crippen LogP contribution in [0.1, 0.15) is 5.56 Å². The summed E-state index contributed by atoms with van der Waals surface area (Å²) in [5.74, 6) is 0.130. The Morgan fingerprint density at radius 2 is 1.66 bits per heavy atom. The lowest BCUT2D eigenvalue weighted by Crippen LogP contribution is -2.20. The second kappa shape index (κ2) is 10.1. The van der Waals surface area contributed by atoms with Gasteiger partial charge in [0.15, 0.2) is 6.61 Å². The van der Waals surface area contributed by atoms with Crippen LogP contribution in [0.5, 0.6) is 11.5 Å². The summed E-state index contributed by atoms with van der Waals surface area (Å²) in [4.78, 5) is 12.2. The highest BCUT2D eigenvalue weighted by atomic mass is 35.5. The first-order valence-electron chi connectivity index (χ1n) is 9.33. The zero-order chi connectivity index (χ0) is 23.3. The molecule has 3 aromatic rings. The topological polar surface area (TPSA) is 93.7 Å². The van der Waals surface area contributed by atoms with Crippen LogP contribution in [-0.4, -0.2) is 28.0 Å².